The number of hydrogen-bond donors (Lipinski definition) is 1. The molecule has 186 valence electrons. The lowest BCUT2D eigenvalue weighted by Crippen LogP contribution is -2.26. The highest BCUT2D eigenvalue weighted by Crippen LogP contribution is 2.38. The number of nitrogens with zero attached hydrogens (tertiary/aromatic N) is 1. The van der Waals surface area contributed by atoms with Crippen LogP contribution >= 0.6 is 11.3 Å². The van der Waals surface area contributed by atoms with Gasteiger partial charge in [0.15, 0.2) is 11.7 Å². The van der Waals surface area contributed by atoms with Gasteiger partial charge in [0.25, 0.3) is 0 Å². The van der Waals surface area contributed by atoms with Gasteiger partial charge in [-0.25, -0.2) is 4.79 Å². The Balaban J connectivity index is 1.61. The molecule has 4 rings (SSSR count). The first kappa shape index (κ1) is 25.0. The first-order valence-electron chi connectivity index (χ1n) is 11.5. The van der Waals surface area contributed by atoms with Crippen molar-refractivity contribution in [3.05, 3.63) is 57.6 Å². The molecule has 0 fully saturated rings. The Morgan fingerprint density at radius 1 is 1.14 bits per heavy atom. The fourth-order valence-electron chi connectivity index (χ4n) is 4.23. The average Bonchev–Trinajstić information content (AvgIpc) is 3.35. The number of thiophene rings is 1. The Labute approximate surface area is 204 Å². The number of hydrogen-bond acceptors (Lipinski definition) is 5. The van der Waals surface area contributed by atoms with Crippen LogP contribution in [0.3, 0.4) is 0 Å². The van der Waals surface area contributed by atoms with Gasteiger partial charge in [-0.2, -0.15) is 13.2 Å². The van der Waals surface area contributed by atoms with Crippen molar-refractivity contribution >= 4 is 38.4 Å². The van der Waals surface area contributed by atoms with E-state index in [9.17, 15) is 23.1 Å². The van der Waals surface area contributed by atoms with Crippen LogP contribution in [-0.4, -0.2) is 22.3 Å². The van der Waals surface area contributed by atoms with Crippen molar-refractivity contribution in [1.82, 2.24) is 5.16 Å². The number of aliphatic carboxylic acids is 1. The predicted octanol–water partition coefficient (Wildman–Crippen LogP) is 7.35. The predicted molar refractivity (Wildman–Crippen MR) is 129 cm³/mol. The molecule has 9 heteroatoms. The van der Waals surface area contributed by atoms with Crippen molar-refractivity contribution in [2.75, 3.05) is 0 Å². The van der Waals surface area contributed by atoms with E-state index in [2.05, 4.69) is 12.1 Å². The fourth-order valence-corrected chi connectivity index (χ4v) is 5.52. The number of aryl methyl sites for hydroxylation is 4. The molecule has 4 aromatic rings. The summed E-state index contributed by atoms with van der Waals surface area (Å²) < 4.78 is 51.4. The summed E-state index contributed by atoms with van der Waals surface area (Å²) in [5.41, 5.74) is 2.48. The number of carboxylic acids is 1. The first-order valence-corrected chi connectivity index (χ1v) is 12.3. The van der Waals surface area contributed by atoms with Gasteiger partial charge < -0.3 is 14.4 Å². The molecule has 2 aromatic carbocycles. The number of alkyl halides is 3. The van der Waals surface area contributed by atoms with Crippen LogP contribution in [0.15, 0.2) is 34.9 Å². The van der Waals surface area contributed by atoms with Gasteiger partial charge >= 0.3 is 12.1 Å². The zero-order chi connectivity index (χ0) is 25.3. The SMILES string of the molecule is CCCc1c(CCc2noc3cc(OC(CC)C(=O)O)c(C)cc23)sc2cc(C(F)(F)F)ccc12. The second kappa shape index (κ2) is 9.89. The van der Waals surface area contributed by atoms with Crippen LogP contribution in [0, 0.1) is 6.92 Å². The summed E-state index contributed by atoms with van der Waals surface area (Å²) in [6.45, 7) is 5.63. The quantitative estimate of drug-likeness (QED) is 0.257. The van der Waals surface area contributed by atoms with Crippen LogP contribution in [0.1, 0.15) is 54.0 Å². The molecule has 2 heterocycles. The topological polar surface area (TPSA) is 72.6 Å². The molecule has 0 aliphatic carbocycles. The zero-order valence-electron chi connectivity index (χ0n) is 19.7. The Morgan fingerprint density at radius 3 is 2.57 bits per heavy atom. The molecule has 0 saturated carbocycles. The van der Waals surface area contributed by atoms with Gasteiger partial charge in [-0.3, -0.25) is 0 Å². The van der Waals surface area contributed by atoms with E-state index >= 15 is 0 Å². The van der Waals surface area contributed by atoms with Crippen LogP contribution < -0.4 is 4.74 Å². The van der Waals surface area contributed by atoms with E-state index in [4.69, 9.17) is 9.26 Å². The van der Waals surface area contributed by atoms with Crippen molar-refractivity contribution in [3.63, 3.8) is 0 Å². The number of benzene rings is 2. The lowest BCUT2D eigenvalue weighted by atomic mass is 10.0. The highest BCUT2D eigenvalue weighted by molar-refractivity contribution is 7.19. The molecule has 0 bridgehead atoms. The molecule has 0 amide bonds. The standard InChI is InChI=1S/C26H26F3NO4S/c1-4-6-16-17-8-7-15(26(27,28)29)12-24(17)35-23(16)10-9-19-18-11-14(3)21(13-22(18)34-30-19)33-20(5-2)25(31)32/h7-8,11-13,20H,4-6,9-10H2,1-3H3,(H,31,32). The number of rotatable bonds is 9. The van der Waals surface area contributed by atoms with Crippen LogP contribution in [0.5, 0.6) is 5.75 Å². The summed E-state index contributed by atoms with van der Waals surface area (Å²) in [4.78, 5) is 12.4. The summed E-state index contributed by atoms with van der Waals surface area (Å²) in [7, 11) is 0. The molecule has 0 aliphatic heterocycles. The Hall–Kier alpha value is -3.07. The molecular weight excluding hydrogens is 479 g/mol. The summed E-state index contributed by atoms with van der Waals surface area (Å²) in [5, 5.41) is 15.2. The smallest absolute Gasteiger partial charge is 0.416 e. The number of ether oxygens (including phenoxy) is 1. The minimum atomic E-state index is -4.37. The van der Waals surface area contributed by atoms with E-state index in [1.165, 1.54) is 17.4 Å². The first-order chi connectivity index (χ1) is 16.6. The lowest BCUT2D eigenvalue weighted by molar-refractivity contribution is -0.145. The maximum Gasteiger partial charge on any atom is 0.416 e. The second-order valence-electron chi connectivity index (χ2n) is 8.56. The third-order valence-corrected chi connectivity index (χ3v) is 7.30. The zero-order valence-corrected chi connectivity index (χ0v) is 20.5. The molecule has 1 atom stereocenters. The van der Waals surface area contributed by atoms with E-state index in [0.717, 1.165) is 51.4 Å². The van der Waals surface area contributed by atoms with Crippen molar-refractivity contribution < 1.29 is 32.3 Å². The van der Waals surface area contributed by atoms with Gasteiger partial charge in [-0.15, -0.1) is 11.3 Å². The number of fused-ring (bicyclic) bond motifs is 2. The van der Waals surface area contributed by atoms with Gasteiger partial charge in [-0.1, -0.05) is 31.5 Å². The van der Waals surface area contributed by atoms with Crippen molar-refractivity contribution in [1.29, 1.82) is 0 Å². The maximum absolute atomic E-state index is 13.2. The van der Waals surface area contributed by atoms with Crippen molar-refractivity contribution in [2.45, 2.75) is 65.2 Å². The number of carboxylic acid groups (broad SMARTS) is 1. The molecule has 5 nitrogen and oxygen atoms in total. The Morgan fingerprint density at radius 2 is 1.91 bits per heavy atom. The van der Waals surface area contributed by atoms with E-state index in [1.807, 2.05) is 13.0 Å². The molecule has 0 saturated heterocycles. The van der Waals surface area contributed by atoms with E-state index in [-0.39, 0.29) is 0 Å². The monoisotopic (exact) mass is 505 g/mol. The van der Waals surface area contributed by atoms with Crippen LogP contribution in [0.4, 0.5) is 13.2 Å². The van der Waals surface area contributed by atoms with E-state index < -0.39 is 23.8 Å². The summed E-state index contributed by atoms with van der Waals surface area (Å²) in [6.07, 6.45) is -2.11. The molecule has 0 radical (unpaired) electrons. The van der Waals surface area contributed by atoms with Crippen LogP contribution in [-0.2, 0) is 30.2 Å². The summed E-state index contributed by atoms with van der Waals surface area (Å²) >= 11 is 1.40. The third-order valence-electron chi connectivity index (χ3n) is 6.05. The number of aromatic nitrogens is 1. The van der Waals surface area contributed by atoms with Gasteiger partial charge in [0.05, 0.1) is 11.3 Å². The second-order valence-corrected chi connectivity index (χ2v) is 9.70. The molecule has 0 aliphatic rings. The summed E-state index contributed by atoms with van der Waals surface area (Å²) in [6, 6.07) is 7.50. The molecule has 1 unspecified atom stereocenters. The molecule has 0 spiro atoms. The van der Waals surface area contributed by atoms with E-state index in [1.54, 1.807) is 19.1 Å². The Bertz CT molecular complexity index is 1370. The largest absolute Gasteiger partial charge is 0.479 e. The van der Waals surface area contributed by atoms with Crippen molar-refractivity contribution in [2.24, 2.45) is 0 Å². The lowest BCUT2D eigenvalue weighted by Gasteiger charge is -2.14. The van der Waals surface area contributed by atoms with Gasteiger partial charge in [0.2, 0.25) is 0 Å². The maximum atomic E-state index is 13.2. The van der Waals surface area contributed by atoms with Gasteiger partial charge in [-0.05, 0) is 67.3 Å². The minimum absolute atomic E-state index is 0.328. The van der Waals surface area contributed by atoms with Crippen LogP contribution in [0.2, 0.25) is 0 Å². The van der Waals surface area contributed by atoms with Crippen molar-refractivity contribution in [3.8, 4) is 5.75 Å². The molecule has 2 aromatic heterocycles. The minimum Gasteiger partial charge on any atom is -0.479 e. The summed E-state index contributed by atoms with van der Waals surface area (Å²) in [5.74, 6) is -0.594. The third kappa shape index (κ3) is 5.15. The molecular formula is C26H26F3NO4S. The molecule has 1 N–H and O–H groups in total. The highest BCUT2D eigenvalue weighted by Gasteiger charge is 2.31. The number of carbonyl (C=O) groups is 1. The van der Waals surface area contributed by atoms with Gasteiger partial charge in [0.1, 0.15) is 5.75 Å². The average molecular weight is 506 g/mol. The van der Waals surface area contributed by atoms with Crippen LogP contribution in [0.25, 0.3) is 21.1 Å². The van der Waals surface area contributed by atoms with E-state index in [0.29, 0.717) is 35.3 Å². The van der Waals surface area contributed by atoms with Gasteiger partial charge in [0, 0.05) is 21.0 Å². The Kier molecular flexibility index (Phi) is 7.07. The normalized spacial score (nSPS) is 13.0. The number of halogens is 3. The highest BCUT2D eigenvalue weighted by atomic mass is 32.1. The molecule has 35 heavy (non-hydrogen) atoms. The fraction of sp³-hybridized carbons (Fsp3) is 0.385.